The molecule has 6 nitrogen and oxygen atoms in total. The molecule has 1 saturated heterocycles. The molecule has 0 spiro atoms. The molecule has 0 radical (unpaired) electrons. The maximum atomic E-state index is 10.1. The summed E-state index contributed by atoms with van der Waals surface area (Å²) in [5.41, 5.74) is 0.881. The Morgan fingerprint density at radius 1 is 1.27 bits per heavy atom. The van der Waals surface area contributed by atoms with Crippen molar-refractivity contribution in [3.05, 3.63) is 35.9 Å². The first kappa shape index (κ1) is 24.7. The lowest BCUT2D eigenvalue weighted by atomic mass is 10.2. The molecule has 1 aromatic rings. The van der Waals surface area contributed by atoms with Crippen LogP contribution in [0.1, 0.15) is 12.5 Å². The van der Waals surface area contributed by atoms with Crippen molar-refractivity contribution >= 4 is 30.9 Å². The van der Waals surface area contributed by atoms with Gasteiger partial charge in [-0.25, -0.2) is 0 Å². The van der Waals surface area contributed by atoms with Crippen molar-refractivity contribution < 1.29 is 14.9 Å². The number of nitrogens with zero attached hydrogens (tertiary/aromatic N) is 3. The Bertz CT molecular complexity index is 585. The fourth-order valence-corrected chi connectivity index (χ4v) is 2.83. The maximum absolute atomic E-state index is 10.1. The quantitative estimate of drug-likeness (QED) is 0.675. The van der Waals surface area contributed by atoms with Crippen molar-refractivity contribution in [3.8, 4) is 11.8 Å². The molecule has 1 aliphatic heterocycles. The SMILES string of the molecule is CC(O)C(Oc1cccc(C=CC#N)c1)N1CCN(CCO)CC1.Cl.Cl. The van der Waals surface area contributed by atoms with E-state index in [1.165, 1.54) is 6.08 Å². The molecule has 1 heterocycles. The van der Waals surface area contributed by atoms with Gasteiger partial charge >= 0.3 is 0 Å². The van der Waals surface area contributed by atoms with Gasteiger partial charge in [0.25, 0.3) is 0 Å². The van der Waals surface area contributed by atoms with Crippen LogP contribution in [0.3, 0.4) is 0 Å². The van der Waals surface area contributed by atoms with Gasteiger partial charge in [-0.1, -0.05) is 12.1 Å². The number of aliphatic hydroxyl groups excluding tert-OH is 2. The molecule has 0 saturated carbocycles. The van der Waals surface area contributed by atoms with Crippen molar-refractivity contribution in [1.29, 1.82) is 5.26 Å². The summed E-state index contributed by atoms with van der Waals surface area (Å²) in [7, 11) is 0. The number of aliphatic hydroxyl groups is 2. The maximum Gasteiger partial charge on any atom is 0.178 e. The summed E-state index contributed by atoms with van der Waals surface area (Å²) in [6.07, 6.45) is 2.09. The molecule has 0 bridgehead atoms. The Morgan fingerprint density at radius 2 is 1.96 bits per heavy atom. The molecule has 0 aliphatic carbocycles. The second-order valence-corrected chi connectivity index (χ2v) is 5.89. The van der Waals surface area contributed by atoms with E-state index in [4.69, 9.17) is 15.1 Å². The van der Waals surface area contributed by atoms with Gasteiger partial charge in [0.05, 0.1) is 12.7 Å². The third-order valence-electron chi connectivity index (χ3n) is 4.06. The van der Waals surface area contributed by atoms with Crippen LogP contribution in [-0.2, 0) is 0 Å². The van der Waals surface area contributed by atoms with Gasteiger partial charge in [-0.05, 0) is 30.7 Å². The van der Waals surface area contributed by atoms with Crippen LogP contribution in [0.4, 0.5) is 0 Å². The van der Waals surface area contributed by atoms with Crippen LogP contribution in [-0.4, -0.2) is 71.7 Å². The van der Waals surface area contributed by atoms with Crippen LogP contribution in [0.15, 0.2) is 30.3 Å². The molecular weight excluding hydrogens is 377 g/mol. The standard InChI is InChI=1S/C18H25N3O3.2ClH/c1-15(23)18(21-10-8-20(9-11-21)12-13-22)24-17-6-2-4-16(14-17)5-3-7-19;;/h2-6,14-15,18,22-23H,8-13H2,1H3;2*1H. The minimum Gasteiger partial charge on any atom is -0.472 e. The van der Waals surface area contributed by atoms with Crippen molar-refractivity contribution in [1.82, 2.24) is 9.80 Å². The molecule has 1 aromatic carbocycles. The van der Waals surface area contributed by atoms with Gasteiger partial charge in [-0.2, -0.15) is 5.26 Å². The number of nitriles is 1. The van der Waals surface area contributed by atoms with Gasteiger partial charge in [-0.3, -0.25) is 9.80 Å². The summed E-state index contributed by atoms with van der Waals surface area (Å²) in [5.74, 6) is 0.666. The van der Waals surface area contributed by atoms with Gasteiger partial charge in [0.15, 0.2) is 6.23 Å². The lowest BCUT2D eigenvalue weighted by molar-refractivity contribution is -0.0752. The van der Waals surface area contributed by atoms with Crippen LogP contribution in [0.5, 0.6) is 5.75 Å². The smallest absolute Gasteiger partial charge is 0.178 e. The van der Waals surface area contributed by atoms with E-state index in [0.717, 1.165) is 31.7 Å². The average molecular weight is 404 g/mol. The zero-order valence-electron chi connectivity index (χ0n) is 14.8. The van der Waals surface area contributed by atoms with E-state index in [1.54, 1.807) is 13.0 Å². The summed E-state index contributed by atoms with van der Waals surface area (Å²) in [6, 6.07) is 9.43. The monoisotopic (exact) mass is 403 g/mol. The highest BCUT2D eigenvalue weighted by atomic mass is 35.5. The predicted octanol–water partition coefficient (Wildman–Crippen LogP) is 1.76. The summed E-state index contributed by atoms with van der Waals surface area (Å²) in [4.78, 5) is 4.32. The number of hydrogen-bond acceptors (Lipinski definition) is 6. The molecule has 2 N–H and O–H groups in total. The summed E-state index contributed by atoms with van der Waals surface area (Å²) < 4.78 is 6.02. The van der Waals surface area contributed by atoms with Gasteiger partial charge < -0.3 is 14.9 Å². The van der Waals surface area contributed by atoms with Crippen LogP contribution < -0.4 is 4.74 Å². The number of piperazine rings is 1. The third kappa shape index (κ3) is 7.50. The van der Waals surface area contributed by atoms with E-state index < -0.39 is 12.3 Å². The molecule has 2 unspecified atom stereocenters. The first-order chi connectivity index (χ1) is 11.6. The van der Waals surface area contributed by atoms with E-state index in [2.05, 4.69) is 9.80 Å². The van der Waals surface area contributed by atoms with Gasteiger partial charge in [-0.15, -0.1) is 24.8 Å². The predicted molar refractivity (Wildman–Crippen MR) is 107 cm³/mol. The summed E-state index contributed by atoms with van der Waals surface area (Å²) >= 11 is 0. The lowest BCUT2D eigenvalue weighted by Gasteiger charge is -2.39. The molecule has 0 amide bonds. The second kappa shape index (κ2) is 12.9. The van der Waals surface area contributed by atoms with E-state index in [-0.39, 0.29) is 31.4 Å². The van der Waals surface area contributed by atoms with Crippen LogP contribution >= 0.6 is 24.8 Å². The van der Waals surface area contributed by atoms with Crippen molar-refractivity contribution in [2.45, 2.75) is 19.3 Å². The van der Waals surface area contributed by atoms with Crippen molar-refractivity contribution in [2.75, 3.05) is 39.3 Å². The number of hydrogen-bond donors (Lipinski definition) is 2. The Kier molecular flexibility index (Phi) is 12.3. The first-order valence-corrected chi connectivity index (χ1v) is 8.22. The molecule has 146 valence electrons. The average Bonchev–Trinajstić information content (AvgIpc) is 2.59. The molecule has 0 aromatic heterocycles. The largest absolute Gasteiger partial charge is 0.472 e. The molecule has 8 heteroatoms. The Balaban J connectivity index is 0.00000312. The van der Waals surface area contributed by atoms with E-state index in [1.807, 2.05) is 30.3 Å². The number of rotatable bonds is 7. The molecule has 2 atom stereocenters. The zero-order chi connectivity index (χ0) is 17.4. The number of β-amino-alcohol motifs (C(OH)–C–C–N with tert-alkyl or cyclic N) is 1. The van der Waals surface area contributed by atoms with Crippen molar-refractivity contribution in [3.63, 3.8) is 0 Å². The molecule has 1 aliphatic rings. The van der Waals surface area contributed by atoms with Gasteiger partial charge in [0.2, 0.25) is 0 Å². The Labute approximate surface area is 167 Å². The number of benzene rings is 1. The Hall–Kier alpha value is -1.33. The topological polar surface area (TPSA) is 80.0 Å². The van der Waals surface area contributed by atoms with E-state index >= 15 is 0 Å². The normalized spacial score (nSPS) is 17.6. The molecule has 2 rings (SSSR count). The van der Waals surface area contributed by atoms with Gasteiger partial charge in [0.1, 0.15) is 11.9 Å². The number of ether oxygens (including phenoxy) is 1. The highest BCUT2D eigenvalue weighted by molar-refractivity contribution is 5.85. The molecule has 26 heavy (non-hydrogen) atoms. The van der Waals surface area contributed by atoms with E-state index in [0.29, 0.717) is 12.3 Å². The third-order valence-corrected chi connectivity index (χ3v) is 4.06. The van der Waals surface area contributed by atoms with Gasteiger partial charge in [0, 0.05) is 38.8 Å². The highest BCUT2D eigenvalue weighted by Gasteiger charge is 2.28. The van der Waals surface area contributed by atoms with Crippen molar-refractivity contribution in [2.24, 2.45) is 0 Å². The highest BCUT2D eigenvalue weighted by Crippen LogP contribution is 2.19. The molecule has 1 fully saturated rings. The number of halogens is 2. The first-order valence-electron chi connectivity index (χ1n) is 8.22. The van der Waals surface area contributed by atoms with Crippen LogP contribution in [0.25, 0.3) is 6.08 Å². The summed E-state index contributed by atoms with van der Waals surface area (Å²) in [5, 5.41) is 27.8. The lowest BCUT2D eigenvalue weighted by Crippen LogP contribution is -2.55. The molecular formula is C18H27Cl2N3O3. The van der Waals surface area contributed by atoms with Crippen LogP contribution in [0, 0.1) is 11.3 Å². The van der Waals surface area contributed by atoms with E-state index in [9.17, 15) is 5.11 Å². The number of allylic oxidation sites excluding steroid dienone is 1. The minimum absolute atomic E-state index is 0. The second-order valence-electron chi connectivity index (χ2n) is 5.89. The van der Waals surface area contributed by atoms with Crippen LogP contribution in [0.2, 0.25) is 0 Å². The zero-order valence-corrected chi connectivity index (χ0v) is 16.5. The Morgan fingerprint density at radius 3 is 2.54 bits per heavy atom. The summed E-state index contributed by atoms with van der Waals surface area (Å²) in [6.45, 7) is 5.83. The minimum atomic E-state index is -0.632. The fraction of sp³-hybridized carbons (Fsp3) is 0.500. The fourth-order valence-electron chi connectivity index (χ4n) is 2.83.